The zero-order valence-corrected chi connectivity index (χ0v) is 21.9. The summed E-state index contributed by atoms with van der Waals surface area (Å²) < 4.78 is 18.6. The first-order valence-corrected chi connectivity index (χ1v) is 11.8. The molecule has 136 valence electrons. The van der Waals surface area contributed by atoms with Gasteiger partial charge in [-0.3, -0.25) is 0 Å². The minimum atomic E-state index is -0.0704. The first kappa shape index (κ1) is 22.4. The van der Waals surface area contributed by atoms with E-state index in [0.29, 0.717) is 0 Å². The van der Waals surface area contributed by atoms with Crippen molar-refractivity contribution in [2.24, 2.45) is 0 Å². The standard InChI is InChI=1S/C21H21BFI3/c1-12(6-5-9-24)10-16-11-17(25)7-8-18(16)22-19-13(2)14(3)21(26)20(23)15(19)4/h5-9,11,22H,10H2,1-4H3/b9-5-,12-6-. The summed E-state index contributed by atoms with van der Waals surface area (Å²) in [6, 6.07) is 6.59. The van der Waals surface area contributed by atoms with Gasteiger partial charge in [0.15, 0.2) is 7.28 Å². The van der Waals surface area contributed by atoms with E-state index in [0.717, 1.165) is 33.9 Å². The molecule has 0 saturated heterocycles. The molecule has 2 aromatic carbocycles. The molecule has 0 spiro atoms. The molecular formula is C21H21BFI3. The summed E-state index contributed by atoms with van der Waals surface area (Å²) in [4.78, 5) is 0. The Bertz CT molecular complexity index is 856. The summed E-state index contributed by atoms with van der Waals surface area (Å²) in [6.45, 7) is 8.19. The molecule has 26 heavy (non-hydrogen) atoms. The van der Waals surface area contributed by atoms with Crippen molar-refractivity contribution in [3.8, 4) is 0 Å². The van der Waals surface area contributed by atoms with Crippen LogP contribution in [0.15, 0.2) is 40.0 Å². The maximum atomic E-state index is 14.6. The molecule has 2 aromatic rings. The first-order valence-electron chi connectivity index (χ1n) is 8.39. The van der Waals surface area contributed by atoms with E-state index in [9.17, 15) is 4.39 Å². The minimum absolute atomic E-state index is 0.0704. The highest BCUT2D eigenvalue weighted by Crippen LogP contribution is 2.21. The minimum Gasteiger partial charge on any atom is -0.206 e. The fraction of sp³-hybridized carbons (Fsp3) is 0.238. The quantitative estimate of drug-likeness (QED) is 0.213. The molecule has 0 bridgehead atoms. The maximum Gasteiger partial charge on any atom is 0.193 e. The van der Waals surface area contributed by atoms with Gasteiger partial charge in [0, 0.05) is 3.57 Å². The summed E-state index contributed by atoms with van der Waals surface area (Å²) in [5.74, 6) is -0.0704. The van der Waals surface area contributed by atoms with Crippen LogP contribution in [-0.4, -0.2) is 7.28 Å². The van der Waals surface area contributed by atoms with Gasteiger partial charge >= 0.3 is 0 Å². The van der Waals surface area contributed by atoms with Crippen LogP contribution in [0.4, 0.5) is 4.39 Å². The van der Waals surface area contributed by atoms with Gasteiger partial charge in [0.2, 0.25) is 0 Å². The van der Waals surface area contributed by atoms with Crippen LogP contribution in [0.25, 0.3) is 0 Å². The Labute approximate surface area is 197 Å². The molecular weight excluding hydrogens is 663 g/mol. The molecule has 2 rings (SSSR count). The van der Waals surface area contributed by atoms with Crippen molar-refractivity contribution in [2.75, 3.05) is 0 Å². The second kappa shape index (κ2) is 10.0. The van der Waals surface area contributed by atoms with Crippen LogP contribution in [0.3, 0.4) is 0 Å². The molecule has 0 amide bonds. The van der Waals surface area contributed by atoms with E-state index in [1.807, 2.05) is 17.9 Å². The smallest absolute Gasteiger partial charge is 0.193 e. The van der Waals surface area contributed by atoms with E-state index in [1.54, 1.807) is 0 Å². The van der Waals surface area contributed by atoms with E-state index >= 15 is 0 Å². The van der Waals surface area contributed by atoms with E-state index < -0.39 is 0 Å². The third kappa shape index (κ3) is 5.34. The normalized spacial score (nSPS) is 12.1. The second-order valence-corrected chi connectivity index (χ2v) is 9.62. The summed E-state index contributed by atoms with van der Waals surface area (Å²) >= 11 is 6.71. The number of halogens is 4. The zero-order valence-electron chi connectivity index (χ0n) is 15.4. The van der Waals surface area contributed by atoms with Crippen LogP contribution in [0.2, 0.25) is 0 Å². The summed E-state index contributed by atoms with van der Waals surface area (Å²) in [5.41, 5.74) is 8.08. The summed E-state index contributed by atoms with van der Waals surface area (Å²) in [7, 11) is 0.772. The molecule has 0 aromatic heterocycles. The SMILES string of the molecule is C/C(=C/C=C\I)Cc1cc(I)ccc1Bc1c(C)c(C)c(I)c(F)c1C. The second-order valence-electron chi connectivity index (χ2n) is 6.58. The van der Waals surface area contributed by atoms with Crippen molar-refractivity contribution >= 4 is 86.0 Å². The molecule has 0 nitrogen and oxygen atoms in total. The Morgan fingerprint density at radius 3 is 2.46 bits per heavy atom. The van der Waals surface area contributed by atoms with Crippen LogP contribution in [-0.2, 0) is 6.42 Å². The van der Waals surface area contributed by atoms with E-state index in [1.165, 1.54) is 25.7 Å². The fourth-order valence-corrected chi connectivity index (χ4v) is 4.65. The van der Waals surface area contributed by atoms with Gasteiger partial charge in [0.25, 0.3) is 0 Å². The van der Waals surface area contributed by atoms with Gasteiger partial charge in [-0.1, -0.05) is 62.9 Å². The van der Waals surface area contributed by atoms with Crippen molar-refractivity contribution in [1.82, 2.24) is 0 Å². The van der Waals surface area contributed by atoms with Gasteiger partial charge in [-0.25, -0.2) is 4.39 Å². The molecule has 0 aliphatic rings. The average molecular weight is 684 g/mol. The van der Waals surface area contributed by atoms with Crippen LogP contribution >= 0.6 is 67.8 Å². The molecule has 0 aliphatic carbocycles. The van der Waals surface area contributed by atoms with Crippen LogP contribution in [0.5, 0.6) is 0 Å². The number of hydrogen-bond acceptors (Lipinski definition) is 0. The van der Waals surface area contributed by atoms with Crippen molar-refractivity contribution < 1.29 is 4.39 Å². The van der Waals surface area contributed by atoms with E-state index in [2.05, 4.69) is 112 Å². The van der Waals surface area contributed by atoms with Crippen molar-refractivity contribution in [1.29, 1.82) is 0 Å². The highest BCUT2D eigenvalue weighted by Gasteiger charge is 2.18. The number of hydrogen-bond donors (Lipinski definition) is 0. The van der Waals surface area contributed by atoms with Crippen LogP contribution in [0.1, 0.15) is 29.2 Å². The third-order valence-corrected chi connectivity index (χ3v) is 7.15. The Hall–Kier alpha value is 0.105. The topological polar surface area (TPSA) is 0 Å². The van der Waals surface area contributed by atoms with Gasteiger partial charge in [-0.15, -0.1) is 0 Å². The van der Waals surface area contributed by atoms with Gasteiger partial charge in [0.05, 0.1) is 3.57 Å². The van der Waals surface area contributed by atoms with Crippen molar-refractivity contribution in [3.05, 3.63) is 75.2 Å². The van der Waals surface area contributed by atoms with Gasteiger partial charge in [0.1, 0.15) is 5.82 Å². The monoisotopic (exact) mass is 684 g/mol. The van der Waals surface area contributed by atoms with Crippen LogP contribution < -0.4 is 10.9 Å². The number of benzene rings is 2. The Kier molecular flexibility index (Phi) is 8.65. The third-order valence-electron chi connectivity index (χ3n) is 4.78. The lowest BCUT2D eigenvalue weighted by atomic mass is 9.59. The molecule has 0 atom stereocenters. The predicted molar refractivity (Wildman–Crippen MR) is 140 cm³/mol. The molecule has 0 saturated carbocycles. The zero-order chi connectivity index (χ0) is 19.4. The molecule has 0 N–H and O–H groups in total. The van der Waals surface area contributed by atoms with Crippen molar-refractivity contribution in [2.45, 2.75) is 34.1 Å². The van der Waals surface area contributed by atoms with Gasteiger partial charge < -0.3 is 0 Å². The molecule has 0 aliphatic heterocycles. The maximum absolute atomic E-state index is 14.6. The lowest BCUT2D eigenvalue weighted by Crippen LogP contribution is -2.35. The lowest BCUT2D eigenvalue weighted by Gasteiger charge is -2.17. The van der Waals surface area contributed by atoms with Gasteiger partial charge in [-0.05, 0) is 112 Å². The first-order chi connectivity index (χ1) is 12.3. The van der Waals surface area contributed by atoms with Crippen LogP contribution in [0, 0.1) is 33.7 Å². The molecule has 0 heterocycles. The largest absolute Gasteiger partial charge is 0.206 e. The Morgan fingerprint density at radius 2 is 1.81 bits per heavy atom. The summed E-state index contributed by atoms with van der Waals surface area (Å²) in [5, 5.41) is 0. The molecule has 0 unspecified atom stereocenters. The molecule has 5 heteroatoms. The Morgan fingerprint density at radius 1 is 1.12 bits per heavy atom. The molecule has 0 radical (unpaired) electrons. The van der Waals surface area contributed by atoms with E-state index in [4.69, 9.17) is 0 Å². The predicted octanol–water partition coefficient (Wildman–Crippen LogP) is 5.78. The Balaban J connectivity index is 2.49. The highest BCUT2D eigenvalue weighted by molar-refractivity contribution is 14.1. The number of rotatable bonds is 5. The lowest BCUT2D eigenvalue weighted by molar-refractivity contribution is 0.610. The fourth-order valence-electron chi connectivity index (χ4n) is 3.08. The van der Waals surface area contributed by atoms with Gasteiger partial charge in [-0.2, -0.15) is 0 Å². The molecule has 0 fully saturated rings. The number of allylic oxidation sites excluding steroid dienone is 3. The van der Waals surface area contributed by atoms with E-state index in [-0.39, 0.29) is 5.82 Å². The average Bonchev–Trinajstić information content (AvgIpc) is 2.61. The summed E-state index contributed by atoms with van der Waals surface area (Å²) in [6.07, 6.45) is 5.13. The van der Waals surface area contributed by atoms with Crippen molar-refractivity contribution in [3.63, 3.8) is 0 Å². The highest BCUT2D eigenvalue weighted by atomic mass is 127.